The summed E-state index contributed by atoms with van der Waals surface area (Å²) in [4.78, 5) is 1.03. The van der Waals surface area contributed by atoms with Crippen molar-refractivity contribution >= 4 is 28.8 Å². The molecule has 0 bridgehead atoms. The van der Waals surface area contributed by atoms with Gasteiger partial charge in [0.25, 0.3) is 0 Å². The normalized spacial score (nSPS) is 10.9. The molecule has 86 valence electrons. The molecule has 16 heavy (non-hydrogen) atoms. The number of aryl methyl sites for hydroxylation is 1. The van der Waals surface area contributed by atoms with Crippen molar-refractivity contribution < 1.29 is 0 Å². The molecule has 0 fully saturated rings. The summed E-state index contributed by atoms with van der Waals surface area (Å²) in [5.74, 6) is 0.582. The number of H-pyrrole nitrogens is 1. The third-order valence-corrected chi connectivity index (χ3v) is 4.24. The fourth-order valence-corrected chi connectivity index (χ4v) is 2.98. The third kappa shape index (κ3) is 1.83. The molecule has 5 heteroatoms. The maximum Gasteiger partial charge on any atom is 0.149 e. The van der Waals surface area contributed by atoms with E-state index in [0.717, 1.165) is 39.6 Å². The van der Waals surface area contributed by atoms with E-state index >= 15 is 0 Å². The van der Waals surface area contributed by atoms with Crippen LogP contribution in [0.5, 0.6) is 0 Å². The summed E-state index contributed by atoms with van der Waals surface area (Å²) < 4.78 is 0. The van der Waals surface area contributed by atoms with Gasteiger partial charge in [-0.1, -0.05) is 24.9 Å². The monoisotopic (exact) mass is 255 g/mol. The van der Waals surface area contributed by atoms with Gasteiger partial charge in [0, 0.05) is 5.56 Å². The number of aromatic amines is 1. The Bertz CT molecular complexity index is 501. The first-order valence-corrected chi connectivity index (χ1v) is 6.47. The molecule has 3 nitrogen and oxygen atoms in total. The Balaban J connectivity index is 2.51. The SMILES string of the molecule is CCCc1c(N)n[nH]c1-c1scc(C)c1Cl. The molecule has 0 aromatic carbocycles. The zero-order valence-corrected chi connectivity index (χ0v) is 10.9. The Kier molecular flexibility index (Phi) is 3.21. The molecule has 0 aliphatic heterocycles. The summed E-state index contributed by atoms with van der Waals surface area (Å²) in [5, 5.41) is 9.89. The summed E-state index contributed by atoms with van der Waals surface area (Å²) in [5.41, 5.74) is 8.99. The average Bonchev–Trinajstić information content (AvgIpc) is 2.76. The van der Waals surface area contributed by atoms with Crippen LogP contribution in [-0.2, 0) is 6.42 Å². The highest BCUT2D eigenvalue weighted by molar-refractivity contribution is 7.14. The van der Waals surface area contributed by atoms with E-state index < -0.39 is 0 Å². The van der Waals surface area contributed by atoms with Gasteiger partial charge in [0.2, 0.25) is 0 Å². The molecule has 0 atom stereocenters. The van der Waals surface area contributed by atoms with Gasteiger partial charge in [-0.2, -0.15) is 5.10 Å². The van der Waals surface area contributed by atoms with Crippen LogP contribution in [0.3, 0.4) is 0 Å². The lowest BCUT2D eigenvalue weighted by molar-refractivity contribution is 0.927. The largest absolute Gasteiger partial charge is 0.382 e. The minimum absolute atomic E-state index is 0.582. The minimum Gasteiger partial charge on any atom is -0.382 e. The highest BCUT2D eigenvalue weighted by Crippen LogP contribution is 2.38. The predicted octanol–water partition coefficient (Wildman–Crippen LogP) is 3.63. The van der Waals surface area contributed by atoms with E-state index in [2.05, 4.69) is 17.1 Å². The van der Waals surface area contributed by atoms with Crippen LogP contribution in [0, 0.1) is 6.92 Å². The Morgan fingerprint density at radius 3 is 2.88 bits per heavy atom. The van der Waals surface area contributed by atoms with Gasteiger partial charge < -0.3 is 5.73 Å². The van der Waals surface area contributed by atoms with Crippen molar-refractivity contribution in [2.75, 3.05) is 5.73 Å². The molecule has 2 aromatic rings. The Morgan fingerprint density at radius 1 is 1.56 bits per heavy atom. The second-order valence-electron chi connectivity index (χ2n) is 3.77. The van der Waals surface area contributed by atoms with Crippen molar-refractivity contribution in [1.29, 1.82) is 0 Å². The summed E-state index contributed by atoms with van der Waals surface area (Å²) in [7, 11) is 0. The van der Waals surface area contributed by atoms with Crippen LogP contribution in [0.4, 0.5) is 5.82 Å². The van der Waals surface area contributed by atoms with Gasteiger partial charge in [-0.05, 0) is 24.3 Å². The van der Waals surface area contributed by atoms with E-state index in [1.165, 1.54) is 0 Å². The lowest BCUT2D eigenvalue weighted by atomic mass is 10.1. The molecular formula is C11H14ClN3S. The first kappa shape index (κ1) is 11.5. The first-order chi connectivity index (χ1) is 7.65. The van der Waals surface area contributed by atoms with E-state index in [-0.39, 0.29) is 0 Å². The van der Waals surface area contributed by atoms with Crippen LogP contribution in [0.25, 0.3) is 10.6 Å². The fraction of sp³-hybridized carbons (Fsp3) is 0.364. The van der Waals surface area contributed by atoms with Gasteiger partial charge in [0.15, 0.2) is 0 Å². The number of nitrogens with two attached hydrogens (primary N) is 1. The van der Waals surface area contributed by atoms with Crippen molar-refractivity contribution in [2.24, 2.45) is 0 Å². The molecule has 2 rings (SSSR count). The van der Waals surface area contributed by atoms with Gasteiger partial charge in [-0.3, -0.25) is 5.10 Å². The van der Waals surface area contributed by atoms with Gasteiger partial charge in [-0.15, -0.1) is 11.3 Å². The maximum atomic E-state index is 6.25. The van der Waals surface area contributed by atoms with E-state index in [0.29, 0.717) is 5.82 Å². The first-order valence-electron chi connectivity index (χ1n) is 5.21. The molecule has 0 saturated heterocycles. The van der Waals surface area contributed by atoms with Gasteiger partial charge in [-0.25, -0.2) is 0 Å². The van der Waals surface area contributed by atoms with E-state index in [1.807, 2.05) is 12.3 Å². The van der Waals surface area contributed by atoms with Crippen molar-refractivity contribution in [3.63, 3.8) is 0 Å². The Labute approximate surface area is 104 Å². The second-order valence-corrected chi connectivity index (χ2v) is 5.03. The molecule has 0 aliphatic rings. The van der Waals surface area contributed by atoms with Crippen LogP contribution in [0.1, 0.15) is 24.5 Å². The number of nitrogens with zero attached hydrogens (tertiary/aromatic N) is 1. The molecule has 2 aromatic heterocycles. The fourth-order valence-electron chi connectivity index (χ4n) is 1.67. The standard InChI is InChI=1S/C11H14ClN3S/c1-3-4-7-9(14-15-11(7)13)10-8(12)6(2)5-16-10/h5H,3-4H2,1-2H3,(H3,13,14,15). The lowest BCUT2D eigenvalue weighted by Gasteiger charge is -2.01. The summed E-state index contributed by atoms with van der Waals surface area (Å²) in [6.45, 7) is 4.12. The number of halogens is 1. The van der Waals surface area contributed by atoms with E-state index in [1.54, 1.807) is 11.3 Å². The number of hydrogen-bond acceptors (Lipinski definition) is 3. The molecule has 0 aliphatic carbocycles. The summed E-state index contributed by atoms with van der Waals surface area (Å²) in [6, 6.07) is 0. The molecule has 2 heterocycles. The average molecular weight is 256 g/mol. The third-order valence-electron chi connectivity index (χ3n) is 2.53. The molecule has 0 spiro atoms. The topological polar surface area (TPSA) is 54.7 Å². The van der Waals surface area contributed by atoms with E-state index in [4.69, 9.17) is 17.3 Å². The predicted molar refractivity (Wildman–Crippen MR) is 70.1 cm³/mol. The number of nitrogens with one attached hydrogen (secondary N) is 1. The number of rotatable bonds is 3. The molecule has 3 N–H and O–H groups in total. The number of thiophene rings is 1. The number of anilines is 1. The molecule has 0 amide bonds. The molecule has 0 saturated carbocycles. The molecule has 0 radical (unpaired) electrons. The Morgan fingerprint density at radius 2 is 2.31 bits per heavy atom. The molecule has 0 unspecified atom stereocenters. The summed E-state index contributed by atoms with van der Waals surface area (Å²) in [6.07, 6.45) is 1.96. The quantitative estimate of drug-likeness (QED) is 0.880. The Hall–Kier alpha value is -1.00. The van der Waals surface area contributed by atoms with Crippen molar-refractivity contribution in [1.82, 2.24) is 10.2 Å². The number of nitrogen functional groups attached to an aromatic ring is 1. The van der Waals surface area contributed by atoms with Crippen LogP contribution in [0.15, 0.2) is 5.38 Å². The highest BCUT2D eigenvalue weighted by atomic mass is 35.5. The second kappa shape index (κ2) is 4.47. The van der Waals surface area contributed by atoms with E-state index in [9.17, 15) is 0 Å². The van der Waals surface area contributed by atoms with Gasteiger partial charge in [0.1, 0.15) is 5.82 Å². The number of aromatic nitrogens is 2. The van der Waals surface area contributed by atoms with Crippen molar-refractivity contribution in [2.45, 2.75) is 26.7 Å². The van der Waals surface area contributed by atoms with Gasteiger partial charge in [0.05, 0.1) is 15.6 Å². The van der Waals surface area contributed by atoms with Crippen molar-refractivity contribution in [3.8, 4) is 10.6 Å². The minimum atomic E-state index is 0.582. The lowest BCUT2D eigenvalue weighted by Crippen LogP contribution is -1.92. The van der Waals surface area contributed by atoms with Crippen LogP contribution in [0.2, 0.25) is 5.02 Å². The number of hydrogen-bond donors (Lipinski definition) is 2. The maximum absolute atomic E-state index is 6.25. The zero-order valence-electron chi connectivity index (χ0n) is 9.30. The highest BCUT2D eigenvalue weighted by Gasteiger charge is 2.16. The van der Waals surface area contributed by atoms with Gasteiger partial charge >= 0.3 is 0 Å². The summed E-state index contributed by atoms with van der Waals surface area (Å²) >= 11 is 7.87. The smallest absolute Gasteiger partial charge is 0.149 e. The van der Waals surface area contributed by atoms with Crippen LogP contribution < -0.4 is 5.73 Å². The molecular weight excluding hydrogens is 242 g/mol. The van der Waals surface area contributed by atoms with Crippen molar-refractivity contribution in [3.05, 3.63) is 21.5 Å². The van der Waals surface area contributed by atoms with Crippen LogP contribution in [-0.4, -0.2) is 10.2 Å². The zero-order chi connectivity index (χ0) is 11.7. The van der Waals surface area contributed by atoms with Crippen LogP contribution >= 0.6 is 22.9 Å².